The molecule has 2 aromatic carbocycles. The van der Waals surface area contributed by atoms with E-state index in [1.165, 1.54) is 18.2 Å². The fourth-order valence-corrected chi connectivity index (χ4v) is 2.90. The van der Waals surface area contributed by atoms with Gasteiger partial charge in [0.05, 0.1) is 6.34 Å². The molecule has 3 aromatic rings. The van der Waals surface area contributed by atoms with Gasteiger partial charge < -0.3 is 9.32 Å². The third-order valence-corrected chi connectivity index (χ3v) is 4.29. The van der Waals surface area contributed by atoms with Crippen molar-refractivity contribution in [3.63, 3.8) is 0 Å². The van der Waals surface area contributed by atoms with E-state index >= 15 is 0 Å². The number of hydrogen-bond acceptors (Lipinski definition) is 3. The van der Waals surface area contributed by atoms with E-state index in [0.29, 0.717) is 36.7 Å². The minimum absolute atomic E-state index is 0.277. The van der Waals surface area contributed by atoms with E-state index in [4.69, 9.17) is 4.42 Å². The summed E-state index contributed by atoms with van der Waals surface area (Å²) >= 11 is 0. The first-order chi connectivity index (χ1) is 13.6. The largest absolute Gasteiger partial charge is 0.430 e. The van der Waals surface area contributed by atoms with Crippen molar-refractivity contribution in [2.75, 3.05) is 0 Å². The summed E-state index contributed by atoms with van der Waals surface area (Å²) in [4.78, 5) is 6.14. The topological polar surface area (TPSA) is 28.7 Å². The summed E-state index contributed by atoms with van der Waals surface area (Å²) in [5, 5.41) is 0. The summed E-state index contributed by atoms with van der Waals surface area (Å²) in [5.74, 6) is 4.93. The molecule has 0 atom stereocenters. The first kappa shape index (κ1) is 17.9. The Bertz CT molecular complexity index is 1090. The highest BCUT2D eigenvalue weighted by Gasteiger charge is 2.17. The summed E-state index contributed by atoms with van der Waals surface area (Å²) < 4.78 is 44.9. The molecule has 3 nitrogen and oxygen atoms in total. The van der Waals surface area contributed by atoms with Crippen molar-refractivity contribution in [3.05, 3.63) is 88.4 Å². The van der Waals surface area contributed by atoms with Crippen LogP contribution in [0.25, 0.3) is 0 Å². The molecule has 0 bridgehead atoms. The zero-order valence-corrected chi connectivity index (χ0v) is 14.8. The van der Waals surface area contributed by atoms with Crippen LogP contribution in [0.1, 0.15) is 22.5 Å². The van der Waals surface area contributed by atoms with Gasteiger partial charge in [0.2, 0.25) is 5.88 Å². The van der Waals surface area contributed by atoms with Crippen LogP contribution in [0.15, 0.2) is 57.9 Å². The van der Waals surface area contributed by atoms with Crippen molar-refractivity contribution < 1.29 is 17.6 Å². The summed E-state index contributed by atoms with van der Waals surface area (Å²) in [5.41, 5.74) is 2.44. The molecule has 0 amide bonds. The third-order valence-electron chi connectivity index (χ3n) is 4.29. The molecule has 0 saturated carbocycles. The lowest BCUT2D eigenvalue weighted by molar-refractivity contribution is 0.405. The molecule has 140 valence electrons. The monoisotopic (exact) mass is 380 g/mol. The predicted octanol–water partition coefficient (Wildman–Crippen LogP) is 4.97. The Kier molecular flexibility index (Phi) is 4.90. The third kappa shape index (κ3) is 4.09. The average molecular weight is 380 g/mol. The van der Waals surface area contributed by atoms with Gasteiger partial charge in [0, 0.05) is 31.1 Å². The number of halogens is 3. The van der Waals surface area contributed by atoms with Gasteiger partial charge in [-0.05, 0) is 41.3 Å². The maximum Gasteiger partial charge on any atom is 0.226 e. The van der Waals surface area contributed by atoms with E-state index in [9.17, 15) is 13.2 Å². The Morgan fingerprint density at radius 3 is 2.54 bits per heavy atom. The standard InChI is InChI=1S/C22H15F3N2O/c23-18-7-4-15(5-8-18)2-1-3-19-11-17-13-27(14-26-22(17)28-19)12-16-6-9-20(24)21(25)10-16/h4-11,14H,2,12-13H2. The van der Waals surface area contributed by atoms with Crippen LogP contribution in [0.4, 0.5) is 19.1 Å². The minimum Gasteiger partial charge on any atom is -0.430 e. The van der Waals surface area contributed by atoms with Crippen molar-refractivity contribution >= 4 is 12.2 Å². The lowest BCUT2D eigenvalue weighted by Crippen LogP contribution is -2.22. The van der Waals surface area contributed by atoms with E-state index in [2.05, 4.69) is 16.8 Å². The van der Waals surface area contributed by atoms with Crippen LogP contribution >= 0.6 is 0 Å². The smallest absolute Gasteiger partial charge is 0.226 e. The molecular weight excluding hydrogens is 365 g/mol. The predicted molar refractivity (Wildman–Crippen MR) is 99.4 cm³/mol. The van der Waals surface area contributed by atoms with Gasteiger partial charge in [0.1, 0.15) is 5.82 Å². The number of fused-ring (bicyclic) bond motifs is 1. The van der Waals surface area contributed by atoms with Crippen molar-refractivity contribution in [3.8, 4) is 11.8 Å². The number of hydrogen-bond donors (Lipinski definition) is 0. The molecular formula is C22H15F3N2O. The molecule has 1 aliphatic rings. The van der Waals surface area contributed by atoms with Crippen molar-refractivity contribution in [2.45, 2.75) is 19.5 Å². The van der Waals surface area contributed by atoms with E-state index in [1.54, 1.807) is 24.5 Å². The summed E-state index contributed by atoms with van der Waals surface area (Å²) in [7, 11) is 0. The first-order valence-electron chi connectivity index (χ1n) is 8.65. The quantitative estimate of drug-likeness (QED) is 0.601. The van der Waals surface area contributed by atoms with Crippen LogP contribution in [0.2, 0.25) is 0 Å². The van der Waals surface area contributed by atoms with Gasteiger partial charge in [-0.3, -0.25) is 0 Å². The number of nitrogens with zero attached hydrogens (tertiary/aromatic N) is 2. The number of furan rings is 1. The molecule has 1 aromatic heterocycles. The van der Waals surface area contributed by atoms with E-state index in [1.807, 2.05) is 11.0 Å². The molecule has 2 heterocycles. The van der Waals surface area contributed by atoms with Crippen LogP contribution in [0.5, 0.6) is 0 Å². The van der Waals surface area contributed by atoms with Gasteiger partial charge in [0.25, 0.3) is 0 Å². The highest BCUT2D eigenvalue weighted by Crippen LogP contribution is 2.28. The molecule has 0 spiro atoms. The fraction of sp³-hybridized carbons (Fsp3) is 0.136. The van der Waals surface area contributed by atoms with Gasteiger partial charge in [-0.1, -0.05) is 24.1 Å². The second-order valence-electron chi connectivity index (χ2n) is 6.44. The maximum absolute atomic E-state index is 13.4. The molecule has 0 aliphatic carbocycles. The lowest BCUT2D eigenvalue weighted by atomic mass is 10.1. The molecule has 1 aliphatic heterocycles. The van der Waals surface area contributed by atoms with Crippen LogP contribution in [-0.2, 0) is 19.5 Å². The van der Waals surface area contributed by atoms with Crippen molar-refractivity contribution in [1.82, 2.24) is 4.90 Å². The normalized spacial score (nSPS) is 12.5. The zero-order valence-electron chi connectivity index (χ0n) is 14.8. The number of aliphatic imine (C=N–C) groups is 1. The lowest BCUT2D eigenvalue weighted by Gasteiger charge is -2.21. The minimum atomic E-state index is -0.867. The van der Waals surface area contributed by atoms with Crippen LogP contribution in [-0.4, -0.2) is 11.2 Å². The molecule has 0 N–H and O–H groups in total. The van der Waals surface area contributed by atoms with Crippen molar-refractivity contribution in [1.29, 1.82) is 0 Å². The fourth-order valence-electron chi connectivity index (χ4n) is 2.90. The summed E-state index contributed by atoms with van der Waals surface area (Å²) in [6.45, 7) is 0.928. The van der Waals surface area contributed by atoms with Crippen LogP contribution in [0, 0.1) is 29.3 Å². The van der Waals surface area contributed by atoms with Crippen LogP contribution < -0.4 is 0 Å². The molecule has 0 unspecified atom stereocenters. The Hall–Kier alpha value is -3.46. The van der Waals surface area contributed by atoms with E-state index < -0.39 is 11.6 Å². The van der Waals surface area contributed by atoms with Gasteiger partial charge >= 0.3 is 0 Å². The molecule has 28 heavy (non-hydrogen) atoms. The number of benzene rings is 2. The highest BCUT2D eigenvalue weighted by molar-refractivity contribution is 5.64. The van der Waals surface area contributed by atoms with E-state index in [-0.39, 0.29) is 5.82 Å². The molecule has 6 heteroatoms. The van der Waals surface area contributed by atoms with E-state index in [0.717, 1.165) is 17.2 Å². The second kappa shape index (κ2) is 7.65. The molecule has 0 radical (unpaired) electrons. The number of rotatable bonds is 3. The highest BCUT2D eigenvalue weighted by atomic mass is 19.2. The van der Waals surface area contributed by atoms with Crippen LogP contribution in [0.3, 0.4) is 0 Å². The molecule has 4 rings (SSSR count). The first-order valence-corrected chi connectivity index (χ1v) is 8.65. The summed E-state index contributed by atoms with van der Waals surface area (Å²) in [6, 6.07) is 11.8. The zero-order chi connectivity index (χ0) is 19.5. The Labute approximate surface area is 160 Å². The average Bonchev–Trinajstić information content (AvgIpc) is 3.08. The molecule has 0 fully saturated rings. The SMILES string of the molecule is Fc1ccc(CC#Cc2cc3c(o2)N=CN(Cc2ccc(F)c(F)c2)C3)cc1. The maximum atomic E-state index is 13.4. The molecule has 0 saturated heterocycles. The van der Waals surface area contributed by atoms with Crippen molar-refractivity contribution in [2.24, 2.45) is 4.99 Å². The Morgan fingerprint density at radius 1 is 0.964 bits per heavy atom. The van der Waals surface area contributed by atoms with Gasteiger partial charge in [-0.25, -0.2) is 18.2 Å². The Morgan fingerprint density at radius 2 is 1.75 bits per heavy atom. The van der Waals surface area contributed by atoms with Gasteiger partial charge in [-0.2, -0.15) is 0 Å². The summed E-state index contributed by atoms with van der Waals surface area (Å²) in [6.07, 6.45) is 2.10. The van der Waals surface area contributed by atoms with Gasteiger partial charge in [-0.15, -0.1) is 0 Å². The second-order valence-corrected chi connectivity index (χ2v) is 6.44. The Balaban J connectivity index is 1.41. The van der Waals surface area contributed by atoms with Gasteiger partial charge in [0.15, 0.2) is 17.4 Å².